The predicted octanol–water partition coefficient (Wildman–Crippen LogP) is 1.88. The zero-order chi connectivity index (χ0) is 29.2. The van der Waals surface area contributed by atoms with Crippen LogP contribution in [0.2, 0.25) is 0 Å². The number of carbonyl (C=O) groups excluding carboxylic acids is 3. The van der Waals surface area contributed by atoms with Crippen molar-refractivity contribution in [3.63, 3.8) is 0 Å². The summed E-state index contributed by atoms with van der Waals surface area (Å²) >= 11 is 0. The number of nitrogens with zero attached hydrogens (tertiary/aromatic N) is 1. The van der Waals surface area contributed by atoms with Gasteiger partial charge in [0.2, 0.25) is 5.91 Å². The third-order valence-electron chi connectivity index (χ3n) is 5.25. The summed E-state index contributed by atoms with van der Waals surface area (Å²) in [6.07, 6.45) is -7.00. The molecule has 12 nitrogen and oxygen atoms in total. The minimum atomic E-state index is -4.47. The maximum absolute atomic E-state index is 16.1. The van der Waals surface area contributed by atoms with Gasteiger partial charge in [-0.25, -0.2) is 13.8 Å². The Bertz CT molecular complexity index is 1110. The largest absolute Gasteiger partial charge is 0.462 e. The van der Waals surface area contributed by atoms with Gasteiger partial charge in [-0.2, -0.15) is 5.09 Å². The van der Waals surface area contributed by atoms with E-state index < -0.39 is 75.4 Å². The third kappa shape index (κ3) is 6.60. The van der Waals surface area contributed by atoms with Crippen molar-refractivity contribution in [2.45, 2.75) is 70.3 Å². The fraction of sp³-hybridized carbons (Fsp3) is 0.591. The van der Waals surface area contributed by atoms with Crippen LogP contribution in [-0.2, 0) is 28.2 Å². The molecule has 0 spiro atoms. The van der Waals surface area contributed by atoms with E-state index >= 15 is 4.39 Å². The highest BCUT2D eigenvalue weighted by Gasteiger charge is 2.58. The van der Waals surface area contributed by atoms with Crippen LogP contribution in [0, 0.1) is 0 Å². The predicted molar refractivity (Wildman–Crippen MR) is 123 cm³/mol. The molecule has 2 aliphatic rings. The molecule has 1 aromatic rings. The number of hydrogen-bond acceptors (Lipinski definition) is 9. The van der Waals surface area contributed by atoms with Gasteiger partial charge in [0.1, 0.15) is 24.0 Å². The molecule has 0 aliphatic carbocycles. The minimum absolute atomic E-state index is 0.0699. The number of imide groups is 1. The zero-order valence-electron chi connectivity index (χ0n) is 22.9. The van der Waals surface area contributed by atoms with Gasteiger partial charge in [0, 0.05) is 17.1 Å². The third-order valence-corrected chi connectivity index (χ3v) is 6.89. The van der Waals surface area contributed by atoms with E-state index in [1.54, 1.807) is 32.0 Å². The van der Waals surface area contributed by atoms with Crippen molar-refractivity contribution in [2.75, 3.05) is 13.2 Å². The average Bonchev–Trinajstić information content (AvgIpc) is 3.09. The second-order valence-corrected chi connectivity index (χ2v) is 10.3. The molecule has 3 rings (SSSR count). The smallest absolute Gasteiger partial charge is 0.459 e. The van der Waals surface area contributed by atoms with Crippen LogP contribution in [0.1, 0.15) is 38.2 Å². The first-order valence-electron chi connectivity index (χ1n) is 12.7. The Morgan fingerprint density at radius 1 is 1.39 bits per heavy atom. The second kappa shape index (κ2) is 11.2. The Morgan fingerprint density at radius 2 is 2.08 bits per heavy atom. The van der Waals surface area contributed by atoms with Gasteiger partial charge in [-0.1, -0.05) is 18.2 Å². The normalized spacial score (nSPS) is 30.6. The lowest BCUT2D eigenvalue weighted by Gasteiger charge is -2.35. The Balaban J connectivity index is 1.84. The van der Waals surface area contributed by atoms with Gasteiger partial charge in [0.25, 0.3) is 0 Å². The van der Waals surface area contributed by atoms with Crippen molar-refractivity contribution in [3.05, 3.63) is 30.3 Å². The standard InChI is InChI=1S/C22H31FN3O9P/c1-13(2)33-19(29)14(3)25-36(31,35-15-8-6-5-7-9-15)32-12-16-18(28)22(4,23)20(34-16)26-11-10-17(27)24-21(26)30/h5-9,13-14,16,18,20,28H,10-12H2,1-4H3,(H,25,31)(H,24,27,30)/t14-,16+,18+,20+,22+,36-/m0/s1/i4+1D3. The van der Waals surface area contributed by atoms with E-state index in [-0.39, 0.29) is 18.7 Å². The Kier molecular flexibility index (Phi) is 7.42. The van der Waals surface area contributed by atoms with Crippen LogP contribution in [-0.4, -0.2) is 77.3 Å². The van der Waals surface area contributed by atoms with Gasteiger partial charge in [0.15, 0.2) is 11.9 Å². The molecule has 2 saturated heterocycles. The zero-order valence-corrected chi connectivity index (χ0v) is 20.8. The van der Waals surface area contributed by atoms with Crippen molar-refractivity contribution in [3.8, 4) is 5.75 Å². The first-order chi connectivity index (χ1) is 18.1. The van der Waals surface area contributed by atoms with E-state index in [0.29, 0.717) is 4.90 Å². The Labute approximate surface area is 212 Å². The number of urea groups is 1. The number of para-hydroxylation sites is 1. The highest BCUT2D eigenvalue weighted by Crippen LogP contribution is 2.46. The second-order valence-electron chi connectivity index (χ2n) is 8.57. The van der Waals surface area contributed by atoms with E-state index in [0.717, 1.165) is 0 Å². The molecule has 3 amide bonds. The fourth-order valence-electron chi connectivity index (χ4n) is 3.49. The van der Waals surface area contributed by atoms with Gasteiger partial charge in [-0.05, 0) is 39.8 Å². The molecular formula is C22H31FN3O9P. The number of halogens is 1. The highest BCUT2D eigenvalue weighted by atomic mass is 31.2. The lowest BCUT2D eigenvalue weighted by molar-refractivity contribution is -0.149. The molecule has 0 bridgehead atoms. The molecule has 36 heavy (non-hydrogen) atoms. The summed E-state index contributed by atoms with van der Waals surface area (Å²) in [4.78, 5) is 36.8. The van der Waals surface area contributed by atoms with E-state index in [2.05, 4.69) is 5.09 Å². The maximum atomic E-state index is 16.1. The minimum Gasteiger partial charge on any atom is -0.462 e. The SMILES string of the molecule is [2H][13C]([2H])([2H])[C@@]1(F)[C@H](O)[C@@H](CO[P@@](=O)(N[C@@H](C)C(=O)OC(C)C)Oc2ccccc2)O[C@H]1N1CCC(=O)NC1=O. The quantitative estimate of drug-likeness (QED) is 0.230. The number of esters is 1. The van der Waals surface area contributed by atoms with Crippen LogP contribution >= 0.6 is 7.75 Å². The van der Waals surface area contributed by atoms with Gasteiger partial charge >= 0.3 is 19.7 Å². The number of hydrogen-bond donors (Lipinski definition) is 3. The topological polar surface area (TPSA) is 153 Å². The highest BCUT2D eigenvalue weighted by molar-refractivity contribution is 7.52. The summed E-state index contributed by atoms with van der Waals surface area (Å²) in [7, 11) is -4.47. The molecule has 0 saturated carbocycles. The Morgan fingerprint density at radius 3 is 2.69 bits per heavy atom. The molecule has 2 aliphatic heterocycles. The fourth-order valence-corrected chi connectivity index (χ4v) is 5.00. The van der Waals surface area contributed by atoms with Crippen LogP contribution in [0.25, 0.3) is 0 Å². The number of amides is 3. The monoisotopic (exact) mass is 535 g/mol. The first-order valence-corrected chi connectivity index (χ1v) is 12.7. The number of nitrogens with one attached hydrogen (secondary N) is 2. The van der Waals surface area contributed by atoms with E-state index in [1.807, 2.05) is 5.32 Å². The number of aliphatic hydroxyl groups excluding tert-OH is 1. The van der Waals surface area contributed by atoms with E-state index in [4.69, 9.17) is 22.6 Å². The molecule has 0 unspecified atom stereocenters. The summed E-state index contributed by atoms with van der Waals surface area (Å²) < 4.78 is 74.3. The molecule has 14 heteroatoms. The summed E-state index contributed by atoms with van der Waals surface area (Å²) in [5, 5.41) is 15.1. The van der Waals surface area contributed by atoms with Crippen LogP contribution in [0.4, 0.5) is 9.18 Å². The van der Waals surface area contributed by atoms with Crippen LogP contribution in [0.15, 0.2) is 30.3 Å². The number of alkyl halides is 1. The first kappa shape index (κ1) is 23.8. The maximum Gasteiger partial charge on any atom is 0.459 e. The summed E-state index contributed by atoms with van der Waals surface area (Å²) in [6.45, 7) is -0.165. The van der Waals surface area contributed by atoms with Crippen LogP contribution < -0.4 is 14.9 Å². The molecule has 2 heterocycles. The van der Waals surface area contributed by atoms with Crippen molar-refractivity contribution in [1.29, 1.82) is 0 Å². The summed E-state index contributed by atoms with van der Waals surface area (Å²) in [6, 6.07) is 5.40. The Hall–Kier alpha value is -2.57. The van der Waals surface area contributed by atoms with E-state index in [1.165, 1.54) is 19.1 Å². The van der Waals surface area contributed by atoms with Crippen molar-refractivity contribution in [2.24, 2.45) is 0 Å². The molecule has 3 N–H and O–H groups in total. The summed E-state index contributed by atoms with van der Waals surface area (Å²) in [5.74, 6) is -1.36. The van der Waals surface area contributed by atoms with Gasteiger partial charge < -0.3 is 19.1 Å². The average molecular weight is 535 g/mol. The van der Waals surface area contributed by atoms with Gasteiger partial charge in [0.05, 0.1) is 12.7 Å². The molecule has 0 aromatic heterocycles. The van der Waals surface area contributed by atoms with Gasteiger partial charge in [-0.3, -0.25) is 24.3 Å². The molecule has 6 atom stereocenters. The van der Waals surface area contributed by atoms with Crippen molar-refractivity contribution in [1.82, 2.24) is 15.3 Å². The number of carbonyl (C=O) groups is 3. The molecule has 2 fully saturated rings. The number of ether oxygens (including phenoxy) is 2. The summed E-state index contributed by atoms with van der Waals surface area (Å²) in [5.41, 5.74) is -3.50. The van der Waals surface area contributed by atoms with Crippen LogP contribution in [0.3, 0.4) is 0 Å². The lowest BCUT2D eigenvalue weighted by atomic mass is 10.0. The van der Waals surface area contributed by atoms with Crippen molar-refractivity contribution < 1.29 is 51.1 Å². The number of rotatable bonds is 10. The lowest BCUT2D eigenvalue weighted by Crippen LogP contribution is -2.59. The molecule has 1 aromatic carbocycles. The number of aliphatic hydroxyl groups is 1. The molecule has 200 valence electrons. The molecule has 0 radical (unpaired) electrons. The van der Waals surface area contributed by atoms with Crippen molar-refractivity contribution >= 4 is 25.7 Å². The van der Waals surface area contributed by atoms with Crippen LogP contribution in [0.5, 0.6) is 5.75 Å². The van der Waals surface area contributed by atoms with Gasteiger partial charge in [-0.15, -0.1) is 0 Å². The van der Waals surface area contributed by atoms with E-state index in [9.17, 15) is 24.1 Å². The molecular weight excluding hydrogens is 501 g/mol. The number of benzene rings is 1.